The highest BCUT2D eigenvalue weighted by Gasteiger charge is 2.18. The fourth-order valence-corrected chi connectivity index (χ4v) is 4.54. The molecule has 4 rings (SSSR count). The molecule has 1 saturated carbocycles. The van der Waals surface area contributed by atoms with Crippen molar-refractivity contribution in [2.45, 2.75) is 25.7 Å². The first-order valence-electron chi connectivity index (χ1n) is 10.4. The highest BCUT2D eigenvalue weighted by Crippen LogP contribution is 2.41. The summed E-state index contributed by atoms with van der Waals surface area (Å²) >= 11 is 1.54. The van der Waals surface area contributed by atoms with E-state index in [9.17, 15) is 0 Å². The summed E-state index contributed by atoms with van der Waals surface area (Å²) in [5.74, 6) is 2.56. The van der Waals surface area contributed by atoms with Gasteiger partial charge in [-0.3, -0.25) is 0 Å². The molecule has 1 fully saturated rings. The first kappa shape index (κ1) is 22.0. The van der Waals surface area contributed by atoms with Crippen LogP contribution in [0.3, 0.4) is 0 Å². The van der Waals surface area contributed by atoms with Gasteiger partial charge in [-0.05, 0) is 62.1 Å². The number of hydrogen-bond donors (Lipinski definition) is 0. The summed E-state index contributed by atoms with van der Waals surface area (Å²) in [7, 11) is 6.49. The number of ether oxygens (including phenoxy) is 4. The molecule has 8 heteroatoms. The lowest BCUT2D eigenvalue weighted by atomic mass is 10.1. The highest BCUT2D eigenvalue weighted by molar-refractivity contribution is 7.07. The second kappa shape index (κ2) is 9.91. The molecule has 0 unspecified atom stereocenters. The lowest BCUT2D eigenvalue weighted by Gasteiger charge is -2.14. The number of benzene rings is 2. The zero-order valence-electron chi connectivity index (χ0n) is 18.8. The Morgan fingerprint density at radius 2 is 1.50 bits per heavy atom. The molecule has 0 aliphatic heterocycles. The van der Waals surface area contributed by atoms with Crippen LogP contribution < -0.4 is 23.7 Å². The summed E-state index contributed by atoms with van der Waals surface area (Å²) in [6.07, 6.45) is 4.38. The first-order valence-corrected chi connectivity index (χ1v) is 11.3. The molecule has 1 aromatic heterocycles. The highest BCUT2D eigenvalue weighted by atomic mass is 32.1. The Morgan fingerprint density at radius 3 is 2.06 bits per heavy atom. The first-order chi connectivity index (χ1) is 15.7. The van der Waals surface area contributed by atoms with E-state index in [1.165, 1.54) is 18.6 Å². The molecule has 168 valence electrons. The summed E-state index contributed by atoms with van der Waals surface area (Å²) in [6.45, 7) is 0. The van der Waals surface area contributed by atoms with Crippen LogP contribution in [-0.4, -0.2) is 38.8 Å². The maximum absolute atomic E-state index is 5.56. The fraction of sp³-hybridized carbons (Fsp3) is 0.333. The van der Waals surface area contributed by atoms with Gasteiger partial charge in [0.1, 0.15) is 5.75 Å². The zero-order chi connectivity index (χ0) is 22.5. The molecule has 32 heavy (non-hydrogen) atoms. The van der Waals surface area contributed by atoms with Crippen molar-refractivity contribution in [1.29, 1.82) is 0 Å². The summed E-state index contributed by atoms with van der Waals surface area (Å²) in [5, 5.41) is 7.05. The molecule has 1 aliphatic carbocycles. The Balaban J connectivity index is 1.88. The van der Waals surface area contributed by atoms with Gasteiger partial charge in [-0.2, -0.15) is 5.10 Å². The van der Waals surface area contributed by atoms with Crippen molar-refractivity contribution in [2.75, 3.05) is 28.4 Å². The average molecular weight is 454 g/mol. The van der Waals surface area contributed by atoms with Gasteiger partial charge in [0.2, 0.25) is 10.6 Å². The van der Waals surface area contributed by atoms with Crippen molar-refractivity contribution < 1.29 is 18.9 Å². The third-order valence-electron chi connectivity index (χ3n) is 5.37. The molecule has 3 aromatic rings. The van der Waals surface area contributed by atoms with E-state index in [0.717, 1.165) is 40.3 Å². The molecule has 2 aromatic carbocycles. The number of hydrogen-bond acceptors (Lipinski definition) is 7. The number of thiazole rings is 1. The molecular formula is C24H27N3O4S. The van der Waals surface area contributed by atoms with E-state index in [2.05, 4.69) is 5.38 Å². The van der Waals surface area contributed by atoms with Crippen LogP contribution in [0.5, 0.6) is 23.0 Å². The summed E-state index contributed by atoms with van der Waals surface area (Å²) in [4.78, 5) is 5.65. The minimum Gasteiger partial charge on any atom is -0.497 e. The van der Waals surface area contributed by atoms with Crippen molar-refractivity contribution >= 4 is 22.7 Å². The Morgan fingerprint density at radius 1 is 0.844 bits per heavy atom. The molecule has 0 N–H and O–H groups in total. The smallest absolute Gasteiger partial charge is 0.211 e. The van der Waals surface area contributed by atoms with Crippen LogP contribution in [-0.2, 0) is 0 Å². The van der Waals surface area contributed by atoms with Crippen molar-refractivity contribution in [3.05, 3.63) is 46.6 Å². The van der Waals surface area contributed by atoms with Crippen LogP contribution in [0.2, 0.25) is 0 Å². The van der Waals surface area contributed by atoms with Crippen LogP contribution in [0.4, 0.5) is 5.69 Å². The van der Waals surface area contributed by atoms with Gasteiger partial charge in [0.05, 0.1) is 39.8 Å². The predicted octanol–water partition coefficient (Wildman–Crippen LogP) is 5.26. The van der Waals surface area contributed by atoms with E-state index in [1.54, 1.807) is 39.8 Å². The Kier molecular flexibility index (Phi) is 6.80. The maximum atomic E-state index is 5.56. The minimum absolute atomic E-state index is 0.561. The molecular weight excluding hydrogens is 426 g/mol. The van der Waals surface area contributed by atoms with Gasteiger partial charge in [0.25, 0.3) is 0 Å². The van der Waals surface area contributed by atoms with E-state index in [4.69, 9.17) is 29.0 Å². The van der Waals surface area contributed by atoms with Crippen LogP contribution >= 0.6 is 11.3 Å². The molecule has 0 spiro atoms. The number of aromatic nitrogens is 1. The van der Waals surface area contributed by atoms with Gasteiger partial charge in [0, 0.05) is 16.7 Å². The largest absolute Gasteiger partial charge is 0.497 e. The molecule has 0 radical (unpaired) electrons. The summed E-state index contributed by atoms with van der Waals surface area (Å²) in [5.41, 5.74) is 3.85. The molecule has 0 amide bonds. The van der Waals surface area contributed by atoms with E-state index in [-0.39, 0.29) is 0 Å². The Bertz CT molecular complexity index is 1150. The van der Waals surface area contributed by atoms with Crippen molar-refractivity contribution in [3.8, 4) is 34.3 Å². The minimum atomic E-state index is 0.561. The van der Waals surface area contributed by atoms with Crippen LogP contribution in [0.15, 0.2) is 51.9 Å². The van der Waals surface area contributed by atoms with E-state index < -0.39 is 0 Å². The normalized spacial score (nSPS) is 13.9. The second-order valence-corrected chi connectivity index (χ2v) is 8.15. The molecule has 0 bridgehead atoms. The molecule has 1 heterocycles. The number of methoxy groups -OCH3 is 4. The Hall–Kier alpha value is -3.26. The van der Waals surface area contributed by atoms with Crippen molar-refractivity contribution in [1.82, 2.24) is 4.68 Å². The van der Waals surface area contributed by atoms with Crippen LogP contribution in [0.25, 0.3) is 11.3 Å². The standard InChI is InChI=1S/C24H27N3O4S/c1-28-19-11-9-17(10-12-19)25-24-27(26-18-7-5-6-8-18)20(15-32-24)16-13-21(29-2)23(31-4)22(14-16)30-3/h9-15H,5-8H2,1-4H3. The summed E-state index contributed by atoms with van der Waals surface area (Å²) in [6, 6.07) is 11.5. The van der Waals surface area contributed by atoms with Gasteiger partial charge in [-0.1, -0.05) is 0 Å². The lowest BCUT2D eigenvalue weighted by molar-refractivity contribution is 0.324. The van der Waals surface area contributed by atoms with E-state index >= 15 is 0 Å². The lowest BCUT2D eigenvalue weighted by Crippen LogP contribution is -2.13. The topological polar surface area (TPSA) is 66.6 Å². The monoisotopic (exact) mass is 453 g/mol. The molecule has 7 nitrogen and oxygen atoms in total. The van der Waals surface area contributed by atoms with E-state index in [1.807, 2.05) is 41.1 Å². The molecule has 0 atom stereocenters. The van der Waals surface area contributed by atoms with Gasteiger partial charge in [-0.15, -0.1) is 11.3 Å². The SMILES string of the molecule is COc1ccc(N=c2scc(-c3cc(OC)c(OC)c(OC)c3)n2N=C2CCCC2)cc1. The second-order valence-electron chi connectivity index (χ2n) is 7.31. The number of nitrogens with zero attached hydrogens (tertiary/aromatic N) is 3. The average Bonchev–Trinajstić information content (AvgIpc) is 3.49. The quantitative estimate of drug-likeness (QED) is 0.489. The van der Waals surface area contributed by atoms with Gasteiger partial charge >= 0.3 is 0 Å². The fourth-order valence-electron chi connectivity index (χ4n) is 3.69. The molecule has 1 aliphatic rings. The van der Waals surface area contributed by atoms with Gasteiger partial charge < -0.3 is 18.9 Å². The van der Waals surface area contributed by atoms with Gasteiger partial charge in [-0.25, -0.2) is 9.67 Å². The zero-order valence-corrected chi connectivity index (χ0v) is 19.6. The van der Waals surface area contributed by atoms with Crippen molar-refractivity contribution in [2.24, 2.45) is 10.1 Å². The maximum Gasteiger partial charge on any atom is 0.211 e. The van der Waals surface area contributed by atoms with Gasteiger partial charge in [0.15, 0.2) is 11.5 Å². The third-order valence-corrected chi connectivity index (χ3v) is 6.18. The Labute approximate surface area is 191 Å². The third kappa shape index (κ3) is 4.50. The number of rotatable bonds is 7. The molecule has 0 saturated heterocycles. The van der Waals surface area contributed by atoms with Crippen LogP contribution in [0.1, 0.15) is 25.7 Å². The summed E-state index contributed by atoms with van der Waals surface area (Å²) < 4.78 is 23.8. The predicted molar refractivity (Wildman–Crippen MR) is 127 cm³/mol. The van der Waals surface area contributed by atoms with Crippen molar-refractivity contribution in [3.63, 3.8) is 0 Å². The van der Waals surface area contributed by atoms with E-state index in [0.29, 0.717) is 17.2 Å². The van der Waals surface area contributed by atoms with Crippen LogP contribution in [0, 0.1) is 0 Å².